The van der Waals surface area contributed by atoms with Gasteiger partial charge in [0.25, 0.3) is 0 Å². The van der Waals surface area contributed by atoms with Gasteiger partial charge in [-0.2, -0.15) is 0 Å². The summed E-state index contributed by atoms with van der Waals surface area (Å²) in [4.78, 5) is 4.14. The average Bonchev–Trinajstić information content (AvgIpc) is 2.03. The zero-order chi connectivity index (χ0) is 8.10. The van der Waals surface area contributed by atoms with E-state index in [4.69, 9.17) is 0 Å². The molecule has 1 aromatic rings. The predicted molar refractivity (Wildman–Crippen MR) is 47.6 cm³/mol. The topological polar surface area (TPSA) is 24.9 Å². The molecule has 2 nitrogen and oxygen atoms in total. The van der Waals surface area contributed by atoms with Crippen molar-refractivity contribution in [3.63, 3.8) is 0 Å². The SMILES string of the molecule is CC(C)CNc1ccccn1. The molecule has 1 N–H and O–H groups in total. The van der Waals surface area contributed by atoms with Gasteiger partial charge in [0.05, 0.1) is 0 Å². The fourth-order valence-corrected chi connectivity index (χ4v) is 0.776. The molecule has 0 radical (unpaired) electrons. The van der Waals surface area contributed by atoms with E-state index in [0.717, 1.165) is 12.4 Å². The Morgan fingerprint density at radius 3 is 2.82 bits per heavy atom. The summed E-state index contributed by atoms with van der Waals surface area (Å²) in [5.41, 5.74) is 0. The minimum atomic E-state index is 0.664. The Morgan fingerprint density at radius 2 is 2.27 bits per heavy atom. The molecule has 0 spiro atoms. The lowest BCUT2D eigenvalue weighted by Gasteiger charge is -2.06. The van der Waals surface area contributed by atoms with Crippen molar-refractivity contribution in [1.29, 1.82) is 0 Å². The third-order valence-corrected chi connectivity index (χ3v) is 1.36. The normalized spacial score (nSPS) is 10.1. The van der Waals surface area contributed by atoms with Crippen molar-refractivity contribution in [1.82, 2.24) is 4.98 Å². The fraction of sp³-hybridized carbons (Fsp3) is 0.444. The zero-order valence-corrected chi connectivity index (χ0v) is 7.04. The van der Waals surface area contributed by atoms with E-state index in [0.29, 0.717) is 5.92 Å². The summed E-state index contributed by atoms with van der Waals surface area (Å²) in [7, 11) is 0. The first-order valence-electron chi connectivity index (χ1n) is 3.94. The molecule has 0 bridgehead atoms. The molecule has 60 valence electrons. The molecule has 0 aliphatic carbocycles. The molecule has 0 amide bonds. The van der Waals surface area contributed by atoms with Crippen LogP contribution in [0.15, 0.2) is 24.4 Å². The first-order chi connectivity index (χ1) is 5.29. The second kappa shape index (κ2) is 3.96. The van der Waals surface area contributed by atoms with E-state index in [-0.39, 0.29) is 0 Å². The van der Waals surface area contributed by atoms with Gasteiger partial charge in [0.2, 0.25) is 0 Å². The Morgan fingerprint density at radius 1 is 1.45 bits per heavy atom. The lowest BCUT2D eigenvalue weighted by molar-refractivity contribution is 0.687. The van der Waals surface area contributed by atoms with Crippen LogP contribution in [0.25, 0.3) is 0 Å². The molecular formula is C9H14N2. The van der Waals surface area contributed by atoms with Gasteiger partial charge in [-0.25, -0.2) is 4.98 Å². The zero-order valence-electron chi connectivity index (χ0n) is 7.04. The smallest absolute Gasteiger partial charge is 0.125 e. The molecule has 0 saturated carbocycles. The second-order valence-corrected chi connectivity index (χ2v) is 2.99. The number of anilines is 1. The van der Waals surface area contributed by atoms with Crippen LogP contribution in [-0.4, -0.2) is 11.5 Å². The molecule has 0 fully saturated rings. The number of hydrogen-bond acceptors (Lipinski definition) is 2. The van der Waals surface area contributed by atoms with Crippen LogP contribution < -0.4 is 5.32 Å². The van der Waals surface area contributed by atoms with Crippen molar-refractivity contribution in [2.45, 2.75) is 13.8 Å². The third kappa shape index (κ3) is 3.03. The van der Waals surface area contributed by atoms with Gasteiger partial charge in [0.1, 0.15) is 5.82 Å². The van der Waals surface area contributed by atoms with Crippen LogP contribution in [0.5, 0.6) is 0 Å². The molecule has 0 atom stereocenters. The molecule has 0 aromatic carbocycles. The van der Waals surface area contributed by atoms with Crippen molar-refractivity contribution in [3.05, 3.63) is 24.4 Å². The van der Waals surface area contributed by atoms with Gasteiger partial charge in [-0.1, -0.05) is 19.9 Å². The van der Waals surface area contributed by atoms with Crippen LogP contribution >= 0.6 is 0 Å². The van der Waals surface area contributed by atoms with Crippen LogP contribution in [-0.2, 0) is 0 Å². The molecule has 0 saturated heterocycles. The van der Waals surface area contributed by atoms with E-state index in [2.05, 4.69) is 24.1 Å². The third-order valence-electron chi connectivity index (χ3n) is 1.36. The number of pyridine rings is 1. The standard InChI is InChI=1S/C9H14N2/c1-8(2)7-11-9-5-3-4-6-10-9/h3-6,8H,7H2,1-2H3,(H,10,11). The van der Waals surface area contributed by atoms with Crippen LogP contribution in [0.3, 0.4) is 0 Å². The van der Waals surface area contributed by atoms with Crippen LogP contribution in [0.1, 0.15) is 13.8 Å². The molecular weight excluding hydrogens is 136 g/mol. The van der Waals surface area contributed by atoms with Crippen molar-refractivity contribution < 1.29 is 0 Å². The molecule has 0 unspecified atom stereocenters. The van der Waals surface area contributed by atoms with Crippen molar-refractivity contribution in [2.24, 2.45) is 5.92 Å². The summed E-state index contributed by atoms with van der Waals surface area (Å²) in [6.45, 7) is 5.34. The molecule has 1 aromatic heterocycles. The number of nitrogens with zero attached hydrogens (tertiary/aromatic N) is 1. The fourth-order valence-electron chi connectivity index (χ4n) is 0.776. The summed E-state index contributed by atoms with van der Waals surface area (Å²) in [5.74, 6) is 1.62. The maximum atomic E-state index is 4.14. The summed E-state index contributed by atoms with van der Waals surface area (Å²) in [6, 6.07) is 5.87. The molecule has 0 aliphatic heterocycles. The molecule has 0 aliphatic rings. The van der Waals surface area contributed by atoms with E-state index in [1.54, 1.807) is 6.20 Å². The van der Waals surface area contributed by atoms with Crippen LogP contribution in [0, 0.1) is 5.92 Å². The molecule has 11 heavy (non-hydrogen) atoms. The summed E-state index contributed by atoms with van der Waals surface area (Å²) in [6.07, 6.45) is 1.79. The lowest BCUT2D eigenvalue weighted by Crippen LogP contribution is -2.08. The first kappa shape index (κ1) is 8.05. The van der Waals surface area contributed by atoms with Gasteiger partial charge in [-0.05, 0) is 18.1 Å². The molecule has 1 heterocycles. The van der Waals surface area contributed by atoms with E-state index in [1.807, 2.05) is 18.2 Å². The largest absolute Gasteiger partial charge is 0.370 e. The Balaban J connectivity index is 2.39. The van der Waals surface area contributed by atoms with Crippen molar-refractivity contribution in [2.75, 3.05) is 11.9 Å². The van der Waals surface area contributed by atoms with Crippen LogP contribution in [0.2, 0.25) is 0 Å². The number of aromatic nitrogens is 1. The number of rotatable bonds is 3. The maximum Gasteiger partial charge on any atom is 0.125 e. The quantitative estimate of drug-likeness (QED) is 0.714. The van der Waals surface area contributed by atoms with Crippen molar-refractivity contribution in [3.8, 4) is 0 Å². The monoisotopic (exact) mass is 150 g/mol. The predicted octanol–water partition coefficient (Wildman–Crippen LogP) is 2.15. The number of nitrogens with one attached hydrogen (secondary N) is 1. The minimum absolute atomic E-state index is 0.664. The Hall–Kier alpha value is -1.05. The van der Waals surface area contributed by atoms with Gasteiger partial charge < -0.3 is 5.32 Å². The Labute approximate surface area is 67.7 Å². The lowest BCUT2D eigenvalue weighted by atomic mass is 10.2. The van der Waals surface area contributed by atoms with Gasteiger partial charge in [0, 0.05) is 12.7 Å². The van der Waals surface area contributed by atoms with Gasteiger partial charge in [0.15, 0.2) is 0 Å². The van der Waals surface area contributed by atoms with Crippen LogP contribution in [0.4, 0.5) is 5.82 Å². The van der Waals surface area contributed by atoms with E-state index >= 15 is 0 Å². The Bertz CT molecular complexity index is 194. The maximum absolute atomic E-state index is 4.14. The highest BCUT2D eigenvalue weighted by Gasteiger charge is 1.93. The van der Waals surface area contributed by atoms with Crippen molar-refractivity contribution >= 4 is 5.82 Å². The van der Waals surface area contributed by atoms with Gasteiger partial charge in [-0.3, -0.25) is 0 Å². The van der Waals surface area contributed by atoms with E-state index < -0.39 is 0 Å². The molecule has 1 rings (SSSR count). The second-order valence-electron chi connectivity index (χ2n) is 2.99. The first-order valence-corrected chi connectivity index (χ1v) is 3.94. The highest BCUT2D eigenvalue weighted by atomic mass is 15.0. The van der Waals surface area contributed by atoms with Gasteiger partial charge >= 0.3 is 0 Å². The Kier molecular flexibility index (Phi) is 2.90. The average molecular weight is 150 g/mol. The summed E-state index contributed by atoms with van der Waals surface area (Å²) < 4.78 is 0. The number of hydrogen-bond donors (Lipinski definition) is 1. The van der Waals surface area contributed by atoms with Gasteiger partial charge in [-0.15, -0.1) is 0 Å². The highest BCUT2D eigenvalue weighted by molar-refractivity contribution is 5.32. The summed E-state index contributed by atoms with van der Waals surface area (Å²) in [5, 5.41) is 3.23. The minimum Gasteiger partial charge on any atom is -0.370 e. The highest BCUT2D eigenvalue weighted by Crippen LogP contribution is 2.01. The van der Waals surface area contributed by atoms with E-state index in [1.165, 1.54) is 0 Å². The molecule has 2 heteroatoms. The summed E-state index contributed by atoms with van der Waals surface area (Å²) >= 11 is 0. The van der Waals surface area contributed by atoms with E-state index in [9.17, 15) is 0 Å².